The standard InChI is InChI=1S/C17H13NOS/c1-18-15-8-11(9-19)6-7-12(15)14-10-20-16-5-3-2-4-13(16)17(14)18/h2-9H,10H2,1H3. The van der Waals surface area contributed by atoms with Crippen molar-refractivity contribution >= 4 is 29.0 Å². The number of rotatable bonds is 1. The largest absolute Gasteiger partial charge is 0.343 e. The Labute approximate surface area is 121 Å². The summed E-state index contributed by atoms with van der Waals surface area (Å²) < 4.78 is 2.22. The Hall–Kier alpha value is -2.00. The van der Waals surface area contributed by atoms with Crippen LogP contribution in [-0.2, 0) is 12.8 Å². The Balaban J connectivity index is 2.11. The molecule has 4 rings (SSSR count). The maximum Gasteiger partial charge on any atom is 0.150 e. The van der Waals surface area contributed by atoms with Gasteiger partial charge in [0.1, 0.15) is 6.29 Å². The summed E-state index contributed by atoms with van der Waals surface area (Å²) in [5.74, 6) is 0.990. The third-order valence-electron chi connectivity index (χ3n) is 3.98. The fourth-order valence-corrected chi connectivity index (χ4v) is 4.12. The highest BCUT2D eigenvalue weighted by Crippen LogP contribution is 2.45. The van der Waals surface area contributed by atoms with E-state index in [0.29, 0.717) is 0 Å². The minimum atomic E-state index is 0.733. The molecule has 0 saturated heterocycles. The molecule has 0 amide bonds. The maximum atomic E-state index is 11.0. The molecule has 1 aliphatic rings. The predicted octanol–water partition coefficient (Wildman–Crippen LogP) is 4.26. The van der Waals surface area contributed by atoms with Crippen molar-refractivity contribution in [2.75, 3.05) is 0 Å². The Morgan fingerprint density at radius 1 is 1.20 bits per heavy atom. The number of hydrogen-bond donors (Lipinski definition) is 0. The Morgan fingerprint density at radius 2 is 2.05 bits per heavy atom. The molecule has 20 heavy (non-hydrogen) atoms. The lowest BCUT2D eigenvalue weighted by molar-refractivity contribution is 0.112. The van der Waals surface area contributed by atoms with Gasteiger partial charge in [-0.2, -0.15) is 0 Å². The number of thioether (sulfide) groups is 1. The van der Waals surface area contributed by atoms with Gasteiger partial charge in [0.2, 0.25) is 0 Å². The topological polar surface area (TPSA) is 22.0 Å². The van der Waals surface area contributed by atoms with Gasteiger partial charge in [0.25, 0.3) is 0 Å². The van der Waals surface area contributed by atoms with Crippen molar-refractivity contribution in [1.29, 1.82) is 0 Å². The van der Waals surface area contributed by atoms with E-state index in [2.05, 4.69) is 41.9 Å². The number of hydrogen-bond acceptors (Lipinski definition) is 2. The molecule has 0 bridgehead atoms. The van der Waals surface area contributed by atoms with E-state index in [1.165, 1.54) is 27.1 Å². The molecule has 0 N–H and O–H groups in total. The van der Waals surface area contributed by atoms with Crippen LogP contribution >= 0.6 is 11.8 Å². The normalized spacial score (nSPS) is 13.1. The molecule has 2 aromatic carbocycles. The first kappa shape index (κ1) is 11.8. The number of benzene rings is 2. The molecule has 3 aromatic rings. The van der Waals surface area contributed by atoms with Crippen molar-refractivity contribution in [2.45, 2.75) is 10.6 Å². The van der Waals surface area contributed by atoms with Crippen LogP contribution < -0.4 is 0 Å². The molecular formula is C17H13NOS. The third-order valence-corrected chi connectivity index (χ3v) is 5.08. The van der Waals surface area contributed by atoms with Crippen molar-refractivity contribution < 1.29 is 4.79 Å². The number of carbonyl (C=O) groups is 1. The first-order chi connectivity index (χ1) is 9.79. The van der Waals surface area contributed by atoms with Gasteiger partial charge < -0.3 is 4.57 Å². The molecule has 1 aliphatic heterocycles. The van der Waals surface area contributed by atoms with Crippen molar-refractivity contribution in [3.05, 3.63) is 53.6 Å². The molecule has 0 saturated carbocycles. The smallest absolute Gasteiger partial charge is 0.150 e. The molecule has 2 heterocycles. The molecule has 0 radical (unpaired) electrons. The van der Waals surface area contributed by atoms with Crippen LogP contribution in [-0.4, -0.2) is 10.9 Å². The Morgan fingerprint density at radius 3 is 2.90 bits per heavy atom. The van der Waals surface area contributed by atoms with Crippen molar-refractivity contribution in [3.63, 3.8) is 0 Å². The van der Waals surface area contributed by atoms with Crippen LogP contribution in [0.2, 0.25) is 0 Å². The van der Waals surface area contributed by atoms with Crippen LogP contribution in [0.5, 0.6) is 0 Å². The van der Waals surface area contributed by atoms with Gasteiger partial charge in [-0.1, -0.05) is 30.3 Å². The van der Waals surface area contributed by atoms with Gasteiger partial charge in [0, 0.05) is 39.7 Å². The lowest BCUT2D eigenvalue weighted by Gasteiger charge is -2.17. The third kappa shape index (κ3) is 1.50. The van der Waals surface area contributed by atoms with Gasteiger partial charge in [0.05, 0.1) is 5.69 Å². The van der Waals surface area contributed by atoms with E-state index in [0.717, 1.165) is 23.1 Å². The highest BCUT2D eigenvalue weighted by molar-refractivity contribution is 7.98. The molecule has 1 aromatic heterocycles. The average Bonchev–Trinajstić information content (AvgIpc) is 2.80. The van der Waals surface area contributed by atoms with Crippen molar-refractivity contribution in [3.8, 4) is 11.3 Å². The molecule has 0 unspecified atom stereocenters. The fraction of sp³-hybridized carbons (Fsp3) is 0.118. The number of carbonyl (C=O) groups excluding carboxylic acids is 1. The van der Waals surface area contributed by atoms with Crippen LogP contribution in [0.4, 0.5) is 0 Å². The molecule has 3 heteroatoms. The van der Waals surface area contributed by atoms with Gasteiger partial charge in [-0.25, -0.2) is 0 Å². The van der Waals surface area contributed by atoms with E-state index in [9.17, 15) is 4.79 Å². The quantitative estimate of drug-likeness (QED) is 0.621. The lowest BCUT2D eigenvalue weighted by atomic mass is 10.1. The first-order valence-corrected chi connectivity index (χ1v) is 7.57. The van der Waals surface area contributed by atoms with Gasteiger partial charge in [-0.3, -0.25) is 4.79 Å². The minimum absolute atomic E-state index is 0.733. The average molecular weight is 279 g/mol. The van der Waals surface area contributed by atoms with Gasteiger partial charge in [0.15, 0.2) is 0 Å². The number of aldehydes is 1. The molecule has 98 valence electrons. The lowest BCUT2D eigenvalue weighted by Crippen LogP contribution is -1.98. The van der Waals surface area contributed by atoms with Crippen LogP contribution in [0, 0.1) is 0 Å². The fourth-order valence-electron chi connectivity index (χ4n) is 3.03. The van der Waals surface area contributed by atoms with Gasteiger partial charge in [-0.05, 0) is 17.7 Å². The molecule has 2 nitrogen and oxygen atoms in total. The summed E-state index contributed by atoms with van der Waals surface area (Å²) in [5.41, 5.74) is 5.83. The van der Waals surface area contributed by atoms with Crippen molar-refractivity contribution in [1.82, 2.24) is 4.57 Å². The summed E-state index contributed by atoms with van der Waals surface area (Å²) in [4.78, 5) is 12.3. The summed E-state index contributed by atoms with van der Waals surface area (Å²) in [6.07, 6.45) is 0.911. The van der Waals surface area contributed by atoms with Crippen LogP contribution in [0.15, 0.2) is 47.4 Å². The summed E-state index contributed by atoms with van der Waals surface area (Å²) in [7, 11) is 2.09. The predicted molar refractivity (Wildman–Crippen MR) is 83.3 cm³/mol. The summed E-state index contributed by atoms with van der Waals surface area (Å²) >= 11 is 1.89. The van der Waals surface area contributed by atoms with Crippen molar-refractivity contribution in [2.24, 2.45) is 7.05 Å². The van der Waals surface area contributed by atoms with E-state index >= 15 is 0 Å². The zero-order chi connectivity index (χ0) is 13.7. The van der Waals surface area contributed by atoms with Crippen LogP contribution in [0.3, 0.4) is 0 Å². The second kappa shape index (κ2) is 4.25. The second-order valence-electron chi connectivity index (χ2n) is 5.07. The van der Waals surface area contributed by atoms with E-state index in [1.54, 1.807) is 0 Å². The zero-order valence-electron chi connectivity index (χ0n) is 11.1. The number of aryl methyl sites for hydroxylation is 1. The maximum absolute atomic E-state index is 11.0. The highest BCUT2D eigenvalue weighted by Gasteiger charge is 2.23. The number of fused-ring (bicyclic) bond motifs is 5. The highest BCUT2D eigenvalue weighted by atomic mass is 32.2. The van der Waals surface area contributed by atoms with Gasteiger partial charge >= 0.3 is 0 Å². The summed E-state index contributed by atoms with van der Waals surface area (Å²) in [6, 6.07) is 14.5. The number of nitrogens with zero attached hydrogens (tertiary/aromatic N) is 1. The monoisotopic (exact) mass is 279 g/mol. The van der Waals surface area contributed by atoms with E-state index in [1.807, 2.05) is 23.9 Å². The minimum Gasteiger partial charge on any atom is -0.343 e. The van der Waals surface area contributed by atoms with E-state index < -0.39 is 0 Å². The summed E-state index contributed by atoms with van der Waals surface area (Å²) in [6.45, 7) is 0. The zero-order valence-corrected chi connectivity index (χ0v) is 11.9. The Kier molecular flexibility index (Phi) is 2.51. The van der Waals surface area contributed by atoms with Crippen LogP contribution in [0.25, 0.3) is 22.2 Å². The number of aromatic nitrogens is 1. The molecule has 0 aliphatic carbocycles. The molecular weight excluding hydrogens is 266 g/mol. The van der Waals surface area contributed by atoms with E-state index in [4.69, 9.17) is 0 Å². The summed E-state index contributed by atoms with van der Waals surface area (Å²) in [5, 5.41) is 1.26. The molecule has 0 atom stereocenters. The van der Waals surface area contributed by atoms with Gasteiger partial charge in [-0.15, -0.1) is 11.8 Å². The van der Waals surface area contributed by atoms with Crippen LogP contribution in [0.1, 0.15) is 15.9 Å². The Bertz CT molecular complexity index is 848. The molecule has 0 fully saturated rings. The second-order valence-corrected chi connectivity index (χ2v) is 6.08. The molecule has 0 spiro atoms. The van der Waals surface area contributed by atoms with E-state index in [-0.39, 0.29) is 0 Å². The SMILES string of the molecule is Cn1c2c(c3ccc(C=O)cc31)CSc1ccccc1-2. The first-order valence-electron chi connectivity index (χ1n) is 6.58.